The first kappa shape index (κ1) is 16.4. The van der Waals surface area contributed by atoms with Gasteiger partial charge in [-0.25, -0.2) is 13.1 Å². The standard InChI is InChI=1S/C12H23NO5S/c1-3-18-8-9-19(16,17)13-10-6-4-5-7-12(10,2)11(14)15/h10,13H,3-9H2,1-2H3,(H,14,15). The van der Waals surface area contributed by atoms with Crippen molar-refractivity contribution in [1.29, 1.82) is 0 Å². The van der Waals surface area contributed by atoms with Gasteiger partial charge in [-0.05, 0) is 26.7 Å². The summed E-state index contributed by atoms with van der Waals surface area (Å²) in [6, 6.07) is -0.537. The third-order valence-electron chi connectivity index (χ3n) is 3.72. The van der Waals surface area contributed by atoms with E-state index in [1.54, 1.807) is 13.8 Å². The van der Waals surface area contributed by atoms with Crippen LogP contribution >= 0.6 is 0 Å². The Kier molecular flexibility index (Phi) is 5.76. The highest BCUT2D eigenvalue weighted by Crippen LogP contribution is 2.36. The molecular weight excluding hydrogens is 270 g/mol. The molecule has 112 valence electrons. The van der Waals surface area contributed by atoms with Gasteiger partial charge in [0.25, 0.3) is 0 Å². The van der Waals surface area contributed by atoms with Crippen molar-refractivity contribution in [2.45, 2.75) is 45.6 Å². The topological polar surface area (TPSA) is 92.7 Å². The lowest BCUT2D eigenvalue weighted by Gasteiger charge is -2.38. The zero-order valence-corrected chi connectivity index (χ0v) is 12.3. The number of hydrogen-bond donors (Lipinski definition) is 2. The van der Waals surface area contributed by atoms with Crippen LogP contribution in [0.1, 0.15) is 39.5 Å². The van der Waals surface area contributed by atoms with Crippen LogP contribution in [-0.4, -0.2) is 44.5 Å². The lowest BCUT2D eigenvalue weighted by molar-refractivity contribution is -0.151. The predicted octanol–water partition coefficient (Wildman–Crippen LogP) is 0.976. The summed E-state index contributed by atoms with van der Waals surface area (Å²) in [7, 11) is -3.50. The van der Waals surface area contributed by atoms with Gasteiger partial charge in [0.1, 0.15) is 0 Å². The molecule has 0 aliphatic heterocycles. The molecule has 1 rings (SSSR count). The van der Waals surface area contributed by atoms with Crippen molar-refractivity contribution in [3.8, 4) is 0 Å². The molecule has 19 heavy (non-hydrogen) atoms. The lowest BCUT2D eigenvalue weighted by atomic mass is 9.72. The van der Waals surface area contributed by atoms with Crippen LogP contribution in [0.3, 0.4) is 0 Å². The van der Waals surface area contributed by atoms with Gasteiger partial charge in [-0.1, -0.05) is 12.8 Å². The Bertz CT molecular complexity index is 408. The molecule has 0 aromatic rings. The lowest BCUT2D eigenvalue weighted by Crippen LogP contribution is -2.52. The number of carboxylic acid groups (broad SMARTS) is 1. The maximum atomic E-state index is 11.9. The molecule has 0 radical (unpaired) electrons. The van der Waals surface area contributed by atoms with E-state index in [1.807, 2.05) is 0 Å². The van der Waals surface area contributed by atoms with Crippen LogP contribution in [-0.2, 0) is 19.6 Å². The van der Waals surface area contributed by atoms with Gasteiger partial charge in [0.15, 0.2) is 0 Å². The highest BCUT2D eigenvalue weighted by Gasteiger charge is 2.44. The fraction of sp³-hybridized carbons (Fsp3) is 0.917. The number of aliphatic carboxylic acids is 1. The summed E-state index contributed by atoms with van der Waals surface area (Å²) in [5, 5.41) is 9.32. The van der Waals surface area contributed by atoms with Gasteiger partial charge < -0.3 is 9.84 Å². The van der Waals surface area contributed by atoms with Crippen molar-refractivity contribution in [3.05, 3.63) is 0 Å². The van der Waals surface area contributed by atoms with Gasteiger partial charge in [0.2, 0.25) is 10.0 Å². The number of rotatable bonds is 7. The predicted molar refractivity (Wildman–Crippen MR) is 71.4 cm³/mol. The number of sulfonamides is 1. The van der Waals surface area contributed by atoms with Gasteiger partial charge >= 0.3 is 5.97 Å². The van der Waals surface area contributed by atoms with Crippen LogP contribution in [0, 0.1) is 5.41 Å². The largest absolute Gasteiger partial charge is 0.481 e. The summed E-state index contributed by atoms with van der Waals surface area (Å²) in [5.74, 6) is -1.07. The quantitative estimate of drug-likeness (QED) is 0.682. The van der Waals surface area contributed by atoms with Gasteiger partial charge in [-0.15, -0.1) is 0 Å². The molecule has 6 nitrogen and oxygen atoms in total. The monoisotopic (exact) mass is 293 g/mol. The zero-order valence-electron chi connectivity index (χ0n) is 11.5. The second-order valence-corrected chi connectivity index (χ2v) is 7.03. The maximum absolute atomic E-state index is 11.9. The zero-order chi connectivity index (χ0) is 14.5. The smallest absolute Gasteiger partial charge is 0.310 e. The van der Waals surface area contributed by atoms with E-state index < -0.39 is 27.4 Å². The molecule has 1 aliphatic rings. The second-order valence-electron chi connectivity index (χ2n) is 5.15. The van der Waals surface area contributed by atoms with Crippen molar-refractivity contribution in [2.24, 2.45) is 5.41 Å². The molecule has 2 unspecified atom stereocenters. The summed E-state index contributed by atoms with van der Waals surface area (Å²) in [6.45, 7) is 4.00. The van der Waals surface area contributed by atoms with Crippen LogP contribution in [0.4, 0.5) is 0 Å². The Morgan fingerprint density at radius 2 is 2.16 bits per heavy atom. The van der Waals surface area contributed by atoms with Crippen LogP contribution in [0.25, 0.3) is 0 Å². The van der Waals surface area contributed by atoms with E-state index in [1.165, 1.54) is 0 Å². The Hall–Kier alpha value is -0.660. The first-order valence-corrected chi connectivity index (χ1v) is 8.28. The van der Waals surface area contributed by atoms with Crippen LogP contribution < -0.4 is 4.72 Å². The Morgan fingerprint density at radius 1 is 1.47 bits per heavy atom. The molecule has 1 aliphatic carbocycles. The molecule has 1 fully saturated rings. The average molecular weight is 293 g/mol. The number of carbonyl (C=O) groups is 1. The van der Waals surface area contributed by atoms with E-state index in [0.717, 1.165) is 12.8 Å². The van der Waals surface area contributed by atoms with Gasteiger partial charge in [-0.3, -0.25) is 4.79 Å². The van der Waals surface area contributed by atoms with E-state index in [4.69, 9.17) is 4.74 Å². The SMILES string of the molecule is CCOCCS(=O)(=O)NC1CCCCC1(C)C(=O)O. The fourth-order valence-electron chi connectivity index (χ4n) is 2.37. The summed E-state index contributed by atoms with van der Waals surface area (Å²) in [4.78, 5) is 11.4. The summed E-state index contributed by atoms with van der Waals surface area (Å²) in [5.41, 5.74) is -1.02. The van der Waals surface area contributed by atoms with Gasteiger partial charge in [-0.2, -0.15) is 0 Å². The Balaban J connectivity index is 2.69. The molecule has 1 saturated carbocycles. The van der Waals surface area contributed by atoms with Crippen LogP contribution in [0.15, 0.2) is 0 Å². The van der Waals surface area contributed by atoms with Crippen LogP contribution in [0.2, 0.25) is 0 Å². The Labute approximate surface area is 114 Å². The van der Waals surface area contributed by atoms with E-state index in [0.29, 0.717) is 19.4 Å². The van der Waals surface area contributed by atoms with Crippen molar-refractivity contribution in [1.82, 2.24) is 4.72 Å². The third kappa shape index (κ3) is 4.43. The third-order valence-corrected chi connectivity index (χ3v) is 5.07. The van der Waals surface area contributed by atoms with Gasteiger partial charge in [0, 0.05) is 12.6 Å². The summed E-state index contributed by atoms with van der Waals surface area (Å²) < 4.78 is 31.4. The second kappa shape index (κ2) is 6.67. The fourth-order valence-corrected chi connectivity index (χ4v) is 3.63. The minimum Gasteiger partial charge on any atom is -0.481 e. The highest BCUT2D eigenvalue weighted by atomic mass is 32.2. The van der Waals surface area contributed by atoms with E-state index in [2.05, 4.69) is 4.72 Å². The number of carboxylic acids is 1. The number of ether oxygens (including phenoxy) is 1. The maximum Gasteiger partial charge on any atom is 0.310 e. The van der Waals surface area contributed by atoms with E-state index >= 15 is 0 Å². The van der Waals surface area contributed by atoms with Crippen molar-refractivity contribution < 1.29 is 23.1 Å². The summed E-state index contributed by atoms with van der Waals surface area (Å²) >= 11 is 0. The molecule has 0 aromatic carbocycles. The molecule has 0 amide bonds. The highest BCUT2D eigenvalue weighted by molar-refractivity contribution is 7.89. The minimum atomic E-state index is -3.50. The summed E-state index contributed by atoms with van der Waals surface area (Å²) in [6.07, 6.45) is 2.74. The molecule has 2 N–H and O–H groups in total. The molecule has 0 bridgehead atoms. The van der Waals surface area contributed by atoms with Gasteiger partial charge in [0.05, 0.1) is 17.8 Å². The van der Waals surface area contributed by atoms with E-state index in [9.17, 15) is 18.3 Å². The molecule has 0 heterocycles. The molecule has 0 saturated heterocycles. The minimum absolute atomic E-state index is 0.127. The van der Waals surface area contributed by atoms with Crippen LogP contribution in [0.5, 0.6) is 0 Å². The number of hydrogen-bond acceptors (Lipinski definition) is 4. The molecule has 0 aromatic heterocycles. The average Bonchev–Trinajstić information content (AvgIpc) is 2.32. The molecule has 0 spiro atoms. The van der Waals surface area contributed by atoms with Crippen molar-refractivity contribution >= 4 is 16.0 Å². The van der Waals surface area contributed by atoms with Crippen molar-refractivity contribution in [2.75, 3.05) is 19.0 Å². The first-order chi connectivity index (χ1) is 8.82. The molecule has 2 atom stereocenters. The molecule has 7 heteroatoms. The number of nitrogens with one attached hydrogen (secondary N) is 1. The first-order valence-electron chi connectivity index (χ1n) is 6.63. The van der Waals surface area contributed by atoms with E-state index in [-0.39, 0.29) is 12.4 Å². The van der Waals surface area contributed by atoms with Crippen molar-refractivity contribution in [3.63, 3.8) is 0 Å². The molecular formula is C12H23NO5S. The Morgan fingerprint density at radius 3 is 2.74 bits per heavy atom. The normalized spacial score (nSPS) is 28.2.